The molecule has 0 spiro atoms. The van der Waals surface area contributed by atoms with E-state index in [0.717, 1.165) is 28.6 Å². The molecule has 1 heterocycles. The Labute approximate surface area is 201 Å². The average Bonchev–Trinajstić information content (AvgIpc) is 3.17. The molecule has 10 heteroatoms. The highest BCUT2D eigenvalue weighted by atomic mass is 32.2. The van der Waals surface area contributed by atoms with E-state index in [1.807, 2.05) is 54.6 Å². The third-order valence-electron chi connectivity index (χ3n) is 4.80. The van der Waals surface area contributed by atoms with Crippen LogP contribution in [0, 0.1) is 5.92 Å². The Kier molecular flexibility index (Phi) is 8.80. The highest BCUT2D eigenvalue weighted by Crippen LogP contribution is 2.27. The van der Waals surface area contributed by atoms with Crippen LogP contribution in [0.3, 0.4) is 0 Å². The molecule has 1 saturated heterocycles. The standard InChI is InChI=1S/C24H26N4O5S/c1-15(2)27-28-24-26-22(30)20(34-24)19(23(31)32)21(29)25-13-12-16-8-10-18(11-9-16)33-14-17-6-4-3-5-7-17/h3-11,19-20H,12-14H2,1-2H3,(H,25,29)(H,31,32)(H,26,28,30). The van der Waals surface area contributed by atoms with Gasteiger partial charge in [0.05, 0.1) is 0 Å². The number of rotatable bonds is 10. The third kappa shape index (κ3) is 7.17. The van der Waals surface area contributed by atoms with E-state index < -0.39 is 29.0 Å². The van der Waals surface area contributed by atoms with Crippen LogP contribution in [0.2, 0.25) is 0 Å². The lowest BCUT2D eigenvalue weighted by Crippen LogP contribution is -2.44. The van der Waals surface area contributed by atoms with Crippen molar-refractivity contribution >= 4 is 40.4 Å². The first kappa shape index (κ1) is 25.0. The number of nitrogens with one attached hydrogen (secondary N) is 2. The minimum absolute atomic E-state index is 0.171. The van der Waals surface area contributed by atoms with Gasteiger partial charge in [-0.15, -0.1) is 5.10 Å². The SMILES string of the molecule is CC(C)=NN=C1NC(=O)C(C(C(=O)O)C(=O)NCCc2ccc(OCc3ccccc3)cc2)S1. The van der Waals surface area contributed by atoms with Gasteiger partial charge in [0.25, 0.3) is 0 Å². The number of nitrogens with zero attached hydrogens (tertiary/aromatic N) is 2. The van der Waals surface area contributed by atoms with Gasteiger partial charge >= 0.3 is 5.97 Å². The van der Waals surface area contributed by atoms with E-state index >= 15 is 0 Å². The van der Waals surface area contributed by atoms with E-state index in [9.17, 15) is 19.5 Å². The van der Waals surface area contributed by atoms with E-state index in [4.69, 9.17) is 4.74 Å². The highest BCUT2D eigenvalue weighted by Gasteiger charge is 2.44. The number of carboxylic acid groups (broad SMARTS) is 1. The highest BCUT2D eigenvalue weighted by molar-refractivity contribution is 8.15. The predicted octanol–water partition coefficient (Wildman–Crippen LogP) is 2.61. The van der Waals surface area contributed by atoms with Gasteiger partial charge < -0.3 is 20.5 Å². The van der Waals surface area contributed by atoms with Crippen molar-refractivity contribution in [2.45, 2.75) is 32.1 Å². The van der Waals surface area contributed by atoms with Crippen LogP contribution in [0.1, 0.15) is 25.0 Å². The molecule has 2 unspecified atom stereocenters. The number of hydrogen-bond donors (Lipinski definition) is 3. The van der Waals surface area contributed by atoms with Gasteiger partial charge in [0.15, 0.2) is 11.1 Å². The molecule has 3 rings (SSSR count). The van der Waals surface area contributed by atoms with E-state index in [2.05, 4.69) is 20.8 Å². The van der Waals surface area contributed by atoms with Crippen LogP contribution in [-0.4, -0.2) is 45.6 Å². The molecule has 0 aromatic heterocycles. The fraction of sp³-hybridized carbons (Fsp3) is 0.292. The lowest BCUT2D eigenvalue weighted by atomic mass is 10.0. The van der Waals surface area contributed by atoms with Crippen LogP contribution in [0.5, 0.6) is 5.75 Å². The van der Waals surface area contributed by atoms with E-state index in [1.54, 1.807) is 13.8 Å². The molecule has 1 aliphatic heterocycles. The zero-order valence-corrected chi connectivity index (χ0v) is 19.7. The van der Waals surface area contributed by atoms with Gasteiger partial charge in [0.1, 0.15) is 17.6 Å². The van der Waals surface area contributed by atoms with Gasteiger partial charge in [-0.25, -0.2) is 0 Å². The van der Waals surface area contributed by atoms with E-state index in [0.29, 0.717) is 18.7 Å². The van der Waals surface area contributed by atoms with Crippen LogP contribution in [0.15, 0.2) is 64.8 Å². The van der Waals surface area contributed by atoms with Crippen molar-refractivity contribution < 1.29 is 24.2 Å². The summed E-state index contributed by atoms with van der Waals surface area (Å²) < 4.78 is 5.76. The second-order valence-electron chi connectivity index (χ2n) is 7.76. The number of amidine groups is 1. The number of benzene rings is 2. The Bertz CT molecular complexity index is 1080. The minimum atomic E-state index is -1.54. The lowest BCUT2D eigenvalue weighted by Gasteiger charge is -2.16. The molecule has 3 N–H and O–H groups in total. The fourth-order valence-corrected chi connectivity index (χ4v) is 4.14. The average molecular weight is 483 g/mol. The molecule has 0 bridgehead atoms. The van der Waals surface area contributed by atoms with E-state index in [-0.39, 0.29) is 11.7 Å². The van der Waals surface area contributed by atoms with Gasteiger partial charge in [0.2, 0.25) is 11.8 Å². The molecule has 1 aliphatic rings. The van der Waals surface area contributed by atoms with E-state index in [1.165, 1.54) is 0 Å². The summed E-state index contributed by atoms with van der Waals surface area (Å²) in [4.78, 5) is 36.6. The summed E-state index contributed by atoms with van der Waals surface area (Å²) in [6, 6.07) is 17.3. The molecular weight excluding hydrogens is 456 g/mol. The lowest BCUT2D eigenvalue weighted by molar-refractivity contribution is -0.148. The number of ether oxygens (including phenoxy) is 1. The van der Waals surface area contributed by atoms with Crippen LogP contribution in [-0.2, 0) is 27.4 Å². The third-order valence-corrected chi connectivity index (χ3v) is 5.95. The Morgan fingerprint density at radius 2 is 1.82 bits per heavy atom. The molecule has 9 nitrogen and oxygen atoms in total. The molecule has 34 heavy (non-hydrogen) atoms. The van der Waals surface area contributed by atoms with Crippen molar-refractivity contribution in [1.29, 1.82) is 0 Å². The molecule has 2 aromatic rings. The second-order valence-corrected chi connectivity index (χ2v) is 8.89. The van der Waals surface area contributed by atoms with Gasteiger partial charge in [-0.3, -0.25) is 14.4 Å². The summed E-state index contributed by atoms with van der Waals surface area (Å²) in [6.45, 7) is 4.17. The van der Waals surface area contributed by atoms with Crippen LogP contribution < -0.4 is 15.4 Å². The number of carbonyl (C=O) groups excluding carboxylic acids is 2. The Morgan fingerprint density at radius 3 is 2.47 bits per heavy atom. The maximum atomic E-state index is 12.6. The van der Waals surface area contributed by atoms with Crippen molar-refractivity contribution in [3.63, 3.8) is 0 Å². The molecule has 2 amide bonds. The van der Waals surface area contributed by atoms with Crippen LogP contribution in [0.25, 0.3) is 0 Å². The molecule has 1 fully saturated rings. The number of amides is 2. The molecule has 0 saturated carbocycles. The Balaban J connectivity index is 1.50. The second kappa shape index (κ2) is 12.0. The van der Waals surface area contributed by atoms with Crippen molar-refractivity contribution in [3.8, 4) is 5.75 Å². The molecule has 0 radical (unpaired) electrons. The van der Waals surface area contributed by atoms with Crippen LogP contribution >= 0.6 is 11.8 Å². The topological polar surface area (TPSA) is 129 Å². The minimum Gasteiger partial charge on any atom is -0.489 e. The smallest absolute Gasteiger partial charge is 0.317 e. The number of aliphatic carboxylic acids is 1. The fourth-order valence-electron chi connectivity index (χ4n) is 3.11. The van der Waals surface area contributed by atoms with Gasteiger partial charge in [-0.1, -0.05) is 54.2 Å². The molecule has 0 aliphatic carbocycles. The maximum absolute atomic E-state index is 12.6. The number of hydrogen-bond acceptors (Lipinski definition) is 7. The molecule has 178 valence electrons. The summed E-state index contributed by atoms with van der Waals surface area (Å²) in [7, 11) is 0. The predicted molar refractivity (Wildman–Crippen MR) is 131 cm³/mol. The first-order valence-corrected chi connectivity index (χ1v) is 11.5. The number of carboxylic acids is 1. The molecular formula is C24H26N4O5S. The first-order chi connectivity index (χ1) is 16.3. The molecule has 2 atom stereocenters. The zero-order valence-electron chi connectivity index (χ0n) is 18.9. The van der Waals surface area contributed by atoms with Crippen molar-refractivity contribution in [3.05, 3.63) is 65.7 Å². The summed E-state index contributed by atoms with van der Waals surface area (Å²) in [6.07, 6.45) is 0.498. The van der Waals surface area contributed by atoms with Gasteiger partial charge in [-0.2, -0.15) is 5.10 Å². The first-order valence-electron chi connectivity index (χ1n) is 10.7. The largest absolute Gasteiger partial charge is 0.489 e. The Hall–Kier alpha value is -3.66. The Morgan fingerprint density at radius 1 is 1.12 bits per heavy atom. The summed E-state index contributed by atoms with van der Waals surface area (Å²) >= 11 is 0.887. The van der Waals surface area contributed by atoms with Crippen molar-refractivity contribution in [2.75, 3.05) is 6.54 Å². The number of thioether (sulfide) groups is 1. The normalized spacial score (nSPS) is 17.1. The number of carbonyl (C=O) groups is 3. The van der Waals surface area contributed by atoms with Crippen molar-refractivity contribution in [1.82, 2.24) is 10.6 Å². The molecule has 2 aromatic carbocycles. The summed E-state index contributed by atoms with van der Waals surface area (Å²) in [5.41, 5.74) is 2.70. The monoisotopic (exact) mass is 482 g/mol. The van der Waals surface area contributed by atoms with Gasteiger partial charge in [0, 0.05) is 12.3 Å². The van der Waals surface area contributed by atoms with Gasteiger partial charge in [-0.05, 0) is 43.5 Å². The maximum Gasteiger partial charge on any atom is 0.317 e. The zero-order chi connectivity index (χ0) is 24.5. The quantitative estimate of drug-likeness (QED) is 0.271. The summed E-state index contributed by atoms with van der Waals surface area (Å²) in [5.74, 6) is -3.49. The van der Waals surface area contributed by atoms with Crippen LogP contribution in [0.4, 0.5) is 0 Å². The summed E-state index contributed by atoms with van der Waals surface area (Å²) in [5, 5.41) is 21.4. The van der Waals surface area contributed by atoms with Crippen molar-refractivity contribution in [2.24, 2.45) is 16.1 Å².